The van der Waals surface area contributed by atoms with Crippen molar-refractivity contribution < 1.29 is 4.39 Å². The van der Waals surface area contributed by atoms with Gasteiger partial charge in [-0.3, -0.25) is 0 Å². The average molecular weight is 232 g/mol. The largest absolute Gasteiger partial charge is 0.329 e. The van der Waals surface area contributed by atoms with E-state index in [-0.39, 0.29) is 11.9 Å². The predicted molar refractivity (Wildman–Crippen MR) is 69.3 cm³/mol. The summed E-state index contributed by atoms with van der Waals surface area (Å²) < 4.78 is 13.6. The van der Waals surface area contributed by atoms with Crippen LogP contribution in [-0.4, -0.2) is 12.6 Å². The first-order chi connectivity index (χ1) is 8.22. The molecule has 0 saturated carbocycles. The lowest BCUT2D eigenvalue weighted by molar-refractivity contribution is 0.557. The number of nitrogens with one attached hydrogen (secondary N) is 1. The molecule has 1 unspecified atom stereocenters. The van der Waals surface area contributed by atoms with Crippen LogP contribution in [0.1, 0.15) is 12.5 Å². The Balaban J connectivity index is 2.32. The number of benzene rings is 2. The molecule has 3 N–H and O–H groups in total. The topological polar surface area (TPSA) is 38.0 Å². The first-order valence-electron chi connectivity index (χ1n) is 5.82. The van der Waals surface area contributed by atoms with Crippen LogP contribution in [0.5, 0.6) is 0 Å². The minimum atomic E-state index is -0.170. The monoisotopic (exact) mass is 232 g/mol. The van der Waals surface area contributed by atoms with Crippen molar-refractivity contribution >= 4 is 10.8 Å². The lowest BCUT2D eigenvalue weighted by Crippen LogP contribution is -2.32. The van der Waals surface area contributed by atoms with Gasteiger partial charge in [-0.2, -0.15) is 0 Å². The normalized spacial score (nSPS) is 12.9. The standard InChI is InChI=1S/C14H17FN2/c1-10(8-16)17-9-11-6-7-14(15)13-5-3-2-4-12(11)13/h2-7,10,17H,8-9,16H2,1H3. The molecule has 3 heteroatoms. The van der Waals surface area contributed by atoms with Gasteiger partial charge in [0.2, 0.25) is 0 Å². The quantitative estimate of drug-likeness (QED) is 0.849. The summed E-state index contributed by atoms with van der Waals surface area (Å²) in [5.74, 6) is -0.170. The molecule has 2 rings (SSSR count). The average Bonchev–Trinajstić information content (AvgIpc) is 2.38. The number of fused-ring (bicyclic) bond motifs is 1. The van der Waals surface area contributed by atoms with Crippen molar-refractivity contribution in [3.05, 3.63) is 47.8 Å². The molecule has 90 valence electrons. The number of nitrogens with two attached hydrogens (primary N) is 1. The van der Waals surface area contributed by atoms with E-state index in [9.17, 15) is 4.39 Å². The highest BCUT2D eigenvalue weighted by molar-refractivity contribution is 5.86. The number of hydrogen-bond acceptors (Lipinski definition) is 2. The van der Waals surface area contributed by atoms with Gasteiger partial charge in [0, 0.05) is 24.5 Å². The van der Waals surface area contributed by atoms with Gasteiger partial charge in [-0.25, -0.2) is 4.39 Å². The summed E-state index contributed by atoms with van der Waals surface area (Å²) in [7, 11) is 0. The van der Waals surface area contributed by atoms with Gasteiger partial charge in [-0.1, -0.05) is 30.3 Å². The van der Waals surface area contributed by atoms with Crippen LogP contribution in [0.4, 0.5) is 4.39 Å². The Morgan fingerprint density at radius 2 is 1.88 bits per heavy atom. The predicted octanol–water partition coefficient (Wildman–Crippen LogP) is 2.42. The molecule has 0 heterocycles. The van der Waals surface area contributed by atoms with Crippen molar-refractivity contribution in [1.29, 1.82) is 0 Å². The number of rotatable bonds is 4. The third kappa shape index (κ3) is 2.62. The highest BCUT2D eigenvalue weighted by Crippen LogP contribution is 2.21. The third-order valence-corrected chi connectivity index (χ3v) is 2.96. The Bertz CT molecular complexity index is 511. The Morgan fingerprint density at radius 1 is 1.18 bits per heavy atom. The van der Waals surface area contributed by atoms with Gasteiger partial charge in [0.05, 0.1) is 0 Å². The van der Waals surface area contributed by atoms with E-state index in [1.54, 1.807) is 6.07 Å². The van der Waals surface area contributed by atoms with E-state index >= 15 is 0 Å². The first-order valence-corrected chi connectivity index (χ1v) is 5.82. The second kappa shape index (κ2) is 5.25. The zero-order valence-electron chi connectivity index (χ0n) is 9.91. The molecule has 0 aromatic heterocycles. The maximum absolute atomic E-state index is 13.6. The van der Waals surface area contributed by atoms with Crippen molar-refractivity contribution in [3.8, 4) is 0 Å². The summed E-state index contributed by atoms with van der Waals surface area (Å²) in [6.45, 7) is 3.34. The fraction of sp³-hybridized carbons (Fsp3) is 0.286. The SMILES string of the molecule is CC(CN)NCc1ccc(F)c2ccccc12. The zero-order valence-corrected chi connectivity index (χ0v) is 9.91. The van der Waals surface area contributed by atoms with Crippen LogP contribution in [0.2, 0.25) is 0 Å². The summed E-state index contributed by atoms with van der Waals surface area (Å²) in [5.41, 5.74) is 6.65. The summed E-state index contributed by atoms with van der Waals surface area (Å²) >= 11 is 0. The summed E-state index contributed by atoms with van der Waals surface area (Å²) in [5, 5.41) is 4.95. The summed E-state index contributed by atoms with van der Waals surface area (Å²) in [6.07, 6.45) is 0. The number of hydrogen-bond donors (Lipinski definition) is 2. The van der Waals surface area contributed by atoms with Gasteiger partial charge in [-0.05, 0) is 23.9 Å². The van der Waals surface area contributed by atoms with Gasteiger partial charge < -0.3 is 11.1 Å². The Hall–Kier alpha value is -1.45. The molecule has 0 bridgehead atoms. The molecule has 0 radical (unpaired) electrons. The maximum atomic E-state index is 13.6. The first kappa shape index (κ1) is 12.0. The zero-order chi connectivity index (χ0) is 12.3. The molecular weight excluding hydrogens is 215 g/mol. The Labute approximate surface area is 101 Å². The molecule has 0 aliphatic rings. The number of halogens is 1. The minimum absolute atomic E-state index is 0.170. The fourth-order valence-corrected chi connectivity index (χ4v) is 1.85. The van der Waals surface area contributed by atoms with Gasteiger partial charge in [0.15, 0.2) is 0 Å². The smallest absolute Gasteiger partial charge is 0.131 e. The third-order valence-electron chi connectivity index (χ3n) is 2.96. The highest BCUT2D eigenvalue weighted by atomic mass is 19.1. The summed E-state index contributed by atoms with van der Waals surface area (Å²) in [4.78, 5) is 0. The molecule has 2 nitrogen and oxygen atoms in total. The molecule has 0 fully saturated rings. The Morgan fingerprint density at radius 3 is 2.59 bits per heavy atom. The van der Waals surface area contributed by atoms with E-state index in [4.69, 9.17) is 5.73 Å². The van der Waals surface area contributed by atoms with E-state index < -0.39 is 0 Å². The molecule has 0 amide bonds. The van der Waals surface area contributed by atoms with Crippen LogP contribution in [0, 0.1) is 5.82 Å². The minimum Gasteiger partial charge on any atom is -0.329 e. The lowest BCUT2D eigenvalue weighted by Gasteiger charge is -2.13. The molecule has 0 aliphatic carbocycles. The van der Waals surface area contributed by atoms with Gasteiger partial charge in [0.25, 0.3) is 0 Å². The highest BCUT2D eigenvalue weighted by Gasteiger charge is 2.06. The van der Waals surface area contributed by atoms with E-state index in [2.05, 4.69) is 5.32 Å². The summed E-state index contributed by atoms with van der Waals surface area (Å²) in [6, 6.07) is 11.1. The molecule has 0 aliphatic heterocycles. The van der Waals surface area contributed by atoms with Crippen LogP contribution in [-0.2, 0) is 6.54 Å². The van der Waals surface area contributed by atoms with Crippen LogP contribution in [0.3, 0.4) is 0 Å². The van der Waals surface area contributed by atoms with Crippen molar-refractivity contribution in [2.45, 2.75) is 19.5 Å². The van der Waals surface area contributed by atoms with Crippen LogP contribution in [0.15, 0.2) is 36.4 Å². The van der Waals surface area contributed by atoms with Crippen molar-refractivity contribution in [3.63, 3.8) is 0 Å². The van der Waals surface area contributed by atoms with Crippen LogP contribution < -0.4 is 11.1 Å². The van der Waals surface area contributed by atoms with Crippen LogP contribution >= 0.6 is 0 Å². The fourth-order valence-electron chi connectivity index (χ4n) is 1.85. The molecular formula is C14H17FN2. The van der Waals surface area contributed by atoms with Gasteiger partial charge in [0.1, 0.15) is 5.82 Å². The van der Waals surface area contributed by atoms with E-state index in [0.29, 0.717) is 18.5 Å². The van der Waals surface area contributed by atoms with Gasteiger partial charge in [-0.15, -0.1) is 0 Å². The second-order valence-electron chi connectivity index (χ2n) is 4.27. The van der Waals surface area contributed by atoms with E-state index in [0.717, 1.165) is 10.9 Å². The van der Waals surface area contributed by atoms with E-state index in [1.807, 2.05) is 31.2 Å². The Kier molecular flexibility index (Phi) is 3.71. The van der Waals surface area contributed by atoms with Crippen LogP contribution in [0.25, 0.3) is 10.8 Å². The van der Waals surface area contributed by atoms with Crippen molar-refractivity contribution in [2.75, 3.05) is 6.54 Å². The van der Waals surface area contributed by atoms with Gasteiger partial charge >= 0.3 is 0 Å². The molecule has 1 atom stereocenters. The molecule has 0 saturated heterocycles. The second-order valence-corrected chi connectivity index (χ2v) is 4.27. The molecule has 0 spiro atoms. The molecule has 2 aromatic carbocycles. The van der Waals surface area contributed by atoms with Crippen molar-refractivity contribution in [1.82, 2.24) is 5.32 Å². The van der Waals surface area contributed by atoms with Crippen molar-refractivity contribution in [2.24, 2.45) is 5.73 Å². The molecule has 2 aromatic rings. The maximum Gasteiger partial charge on any atom is 0.131 e. The lowest BCUT2D eigenvalue weighted by atomic mass is 10.0. The molecule has 17 heavy (non-hydrogen) atoms. The van der Waals surface area contributed by atoms with E-state index in [1.165, 1.54) is 6.07 Å².